The predicted octanol–water partition coefficient (Wildman–Crippen LogP) is 1.50. The Kier molecular flexibility index (Phi) is 7.97. The van der Waals surface area contributed by atoms with Crippen LogP contribution in [0.2, 0.25) is 0 Å². The van der Waals surface area contributed by atoms with Gasteiger partial charge in [-0.1, -0.05) is 30.4 Å². The van der Waals surface area contributed by atoms with Gasteiger partial charge >= 0.3 is 0 Å². The van der Waals surface area contributed by atoms with E-state index in [0.29, 0.717) is 11.3 Å². The quantitative estimate of drug-likeness (QED) is 0.485. The Hall–Kier alpha value is -2.79. The van der Waals surface area contributed by atoms with Gasteiger partial charge in [-0.2, -0.15) is 0 Å². The molecule has 32 heavy (non-hydrogen) atoms. The molecule has 0 fully saturated rings. The van der Waals surface area contributed by atoms with Gasteiger partial charge in [-0.3, -0.25) is 4.79 Å². The number of aliphatic hydroxyl groups excluding tert-OH is 1. The van der Waals surface area contributed by atoms with Crippen molar-refractivity contribution in [2.45, 2.75) is 36.1 Å². The van der Waals surface area contributed by atoms with Crippen molar-refractivity contribution in [1.82, 2.24) is 10.0 Å². The van der Waals surface area contributed by atoms with Gasteiger partial charge < -0.3 is 19.9 Å². The van der Waals surface area contributed by atoms with Gasteiger partial charge in [0.1, 0.15) is 17.7 Å². The number of hydrogen-bond donors (Lipinski definition) is 3. The average molecular weight is 465 g/mol. The Bertz CT molecular complexity index is 1060. The van der Waals surface area contributed by atoms with E-state index in [-0.39, 0.29) is 23.8 Å². The molecule has 0 saturated carbocycles. The molecule has 1 aliphatic heterocycles. The second-order valence-electron chi connectivity index (χ2n) is 7.18. The molecule has 0 unspecified atom stereocenters. The summed E-state index contributed by atoms with van der Waals surface area (Å²) in [4.78, 5) is 12.2. The first-order chi connectivity index (χ1) is 15.3. The molecule has 1 amide bonds. The van der Waals surface area contributed by atoms with Crippen LogP contribution in [0.15, 0.2) is 65.6 Å². The fourth-order valence-corrected chi connectivity index (χ4v) is 4.42. The molecule has 1 aliphatic rings. The van der Waals surface area contributed by atoms with Crippen LogP contribution in [0.1, 0.15) is 12.0 Å². The summed E-state index contributed by atoms with van der Waals surface area (Å²) in [6.07, 6.45) is 1.53. The summed E-state index contributed by atoms with van der Waals surface area (Å²) in [6, 6.07) is 11.2. The third-order valence-corrected chi connectivity index (χ3v) is 6.42. The van der Waals surface area contributed by atoms with Crippen LogP contribution < -0.4 is 14.8 Å². The fraction of sp³-hybridized carbons (Fsp3) is 0.318. The topological polar surface area (TPSA) is 114 Å². The molecule has 0 spiro atoms. The van der Waals surface area contributed by atoms with Gasteiger partial charge in [-0.05, 0) is 30.3 Å². The normalized spacial score (nSPS) is 20.7. The SMILES string of the molecule is COc1ccc(S(=O)(=O)N[C@H]2C=C[C@H](CC(=O)NCc3ccccc3F)O[C@H]2CO)cc1. The second-order valence-corrected chi connectivity index (χ2v) is 8.89. The molecule has 172 valence electrons. The number of methoxy groups -OCH3 is 1. The van der Waals surface area contributed by atoms with Crippen molar-refractivity contribution in [3.63, 3.8) is 0 Å². The van der Waals surface area contributed by atoms with Crippen LogP contribution in [0.25, 0.3) is 0 Å². The van der Waals surface area contributed by atoms with Gasteiger partial charge in [0, 0.05) is 12.1 Å². The minimum atomic E-state index is -3.87. The standard InChI is InChI=1S/C22H25FN2O6S/c1-30-16-6-9-18(10-7-16)32(28,29)25-20-11-8-17(31-21(20)14-26)12-22(27)24-13-15-4-2-3-5-19(15)23/h2-11,17,20-21,25-26H,12-14H2,1H3,(H,24,27)/t17-,20+,21+/m1/s1. The van der Waals surface area contributed by atoms with Crippen LogP contribution >= 0.6 is 0 Å². The van der Waals surface area contributed by atoms with Gasteiger partial charge in [0.15, 0.2) is 0 Å². The molecule has 0 aliphatic carbocycles. The van der Waals surface area contributed by atoms with Crippen LogP contribution in [0.3, 0.4) is 0 Å². The Morgan fingerprint density at radius 3 is 2.53 bits per heavy atom. The molecule has 0 bridgehead atoms. The van der Waals surface area contributed by atoms with Crippen LogP contribution in [0.5, 0.6) is 5.75 Å². The van der Waals surface area contributed by atoms with E-state index in [0.717, 1.165) is 0 Å². The summed E-state index contributed by atoms with van der Waals surface area (Å²) >= 11 is 0. The Balaban J connectivity index is 1.59. The zero-order chi connectivity index (χ0) is 23.1. The lowest BCUT2D eigenvalue weighted by Crippen LogP contribution is -2.49. The number of nitrogens with one attached hydrogen (secondary N) is 2. The predicted molar refractivity (Wildman–Crippen MR) is 115 cm³/mol. The Labute approximate surface area is 186 Å². The Morgan fingerprint density at radius 2 is 1.88 bits per heavy atom. The molecule has 2 aromatic carbocycles. The lowest BCUT2D eigenvalue weighted by Gasteiger charge is -2.31. The van der Waals surface area contributed by atoms with E-state index in [9.17, 15) is 22.7 Å². The second kappa shape index (κ2) is 10.7. The zero-order valence-electron chi connectivity index (χ0n) is 17.4. The largest absolute Gasteiger partial charge is 0.497 e. The summed E-state index contributed by atoms with van der Waals surface area (Å²) < 4.78 is 52.2. The van der Waals surface area contributed by atoms with Crippen LogP contribution in [-0.4, -0.2) is 51.4 Å². The summed E-state index contributed by atoms with van der Waals surface area (Å²) in [7, 11) is -2.39. The number of rotatable bonds is 9. The molecule has 1 heterocycles. The molecule has 2 aromatic rings. The van der Waals surface area contributed by atoms with Crippen molar-refractivity contribution in [1.29, 1.82) is 0 Å². The van der Waals surface area contributed by atoms with E-state index in [2.05, 4.69) is 10.0 Å². The number of amides is 1. The molecule has 8 nitrogen and oxygen atoms in total. The van der Waals surface area contributed by atoms with Gasteiger partial charge in [0.25, 0.3) is 0 Å². The lowest BCUT2D eigenvalue weighted by atomic mass is 10.1. The summed E-state index contributed by atoms with van der Waals surface area (Å²) in [5.41, 5.74) is 0.363. The number of sulfonamides is 1. The number of aliphatic hydroxyl groups is 1. The van der Waals surface area contributed by atoms with Gasteiger partial charge in [-0.25, -0.2) is 17.5 Å². The third kappa shape index (κ3) is 6.13. The van der Waals surface area contributed by atoms with E-state index in [1.54, 1.807) is 30.4 Å². The molecule has 3 rings (SSSR count). The van der Waals surface area contributed by atoms with Gasteiger partial charge in [0.2, 0.25) is 15.9 Å². The average Bonchev–Trinajstić information content (AvgIpc) is 2.79. The minimum Gasteiger partial charge on any atom is -0.497 e. The van der Waals surface area contributed by atoms with E-state index in [1.807, 2.05) is 0 Å². The molecule has 0 radical (unpaired) electrons. The number of ether oxygens (including phenoxy) is 2. The van der Waals surface area contributed by atoms with Crippen molar-refractivity contribution in [2.75, 3.05) is 13.7 Å². The molecule has 3 N–H and O–H groups in total. The maximum absolute atomic E-state index is 13.7. The molecule has 0 saturated heterocycles. The molecule has 3 atom stereocenters. The van der Waals surface area contributed by atoms with Crippen molar-refractivity contribution in [2.24, 2.45) is 0 Å². The van der Waals surface area contributed by atoms with E-state index in [4.69, 9.17) is 9.47 Å². The maximum atomic E-state index is 13.7. The zero-order valence-corrected chi connectivity index (χ0v) is 18.2. The first-order valence-corrected chi connectivity index (χ1v) is 11.4. The molecule has 0 aromatic heterocycles. The number of carbonyl (C=O) groups excluding carboxylic acids is 1. The third-order valence-electron chi connectivity index (χ3n) is 4.94. The van der Waals surface area contributed by atoms with Crippen LogP contribution in [0, 0.1) is 5.82 Å². The highest BCUT2D eigenvalue weighted by Gasteiger charge is 2.31. The van der Waals surface area contributed by atoms with Gasteiger partial charge in [0.05, 0.1) is 37.2 Å². The highest BCUT2D eigenvalue weighted by atomic mass is 32.2. The van der Waals surface area contributed by atoms with E-state index in [1.165, 1.54) is 37.4 Å². The number of hydrogen-bond acceptors (Lipinski definition) is 6. The highest BCUT2D eigenvalue weighted by molar-refractivity contribution is 7.89. The van der Waals surface area contributed by atoms with Gasteiger partial charge in [-0.15, -0.1) is 0 Å². The number of benzene rings is 2. The number of carbonyl (C=O) groups is 1. The summed E-state index contributed by atoms with van der Waals surface area (Å²) in [5.74, 6) is -0.250. The molecular formula is C22H25FN2O6S. The van der Waals surface area contributed by atoms with E-state index < -0.39 is 40.7 Å². The fourth-order valence-electron chi connectivity index (χ4n) is 3.20. The molecular weight excluding hydrogens is 439 g/mol. The van der Waals surface area contributed by atoms with Crippen LogP contribution in [0.4, 0.5) is 4.39 Å². The maximum Gasteiger partial charge on any atom is 0.241 e. The first-order valence-electron chi connectivity index (χ1n) is 9.93. The molecule has 10 heteroatoms. The van der Waals surface area contributed by atoms with Crippen molar-refractivity contribution < 1.29 is 32.2 Å². The van der Waals surface area contributed by atoms with Crippen molar-refractivity contribution in [3.05, 3.63) is 72.1 Å². The summed E-state index contributed by atoms with van der Waals surface area (Å²) in [6.45, 7) is -0.414. The van der Waals surface area contributed by atoms with E-state index >= 15 is 0 Å². The van der Waals surface area contributed by atoms with Crippen LogP contribution in [-0.2, 0) is 26.1 Å². The van der Waals surface area contributed by atoms with Crippen molar-refractivity contribution >= 4 is 15.9 Å². The number of halogens is 1. The smallest absolute Gasteiger partial charge is 0.241 e. The minimum absolute atomic E-state index is 0.0374. The monoisotopic (exact) mass is 464 g/mol. The first kappa shape index (κ1) is 23.9. The highest BCUT2D eigenvalue weighted by Crippen LogP contribution is 2.20. The lowest BCUT2D eigenvalue weighted by molar-refractivity contribution is -0.125. The summed E-state index contributed by atoms with van der Waals surface area (Å²) in [5, 5.41) is 12.3. The Morgan fingerprint density at radius 1 is 1.16 bits per heavy atom. The van der Waals surface area contributed by atoms with Crippen molar-refractivity contribution in [3.8, 4) is 5.75 Å².